The summed E-state index contributed by atoms with van der Waals surface area (Å²) in [6.45, 7) is 5.28. The van der Waals surface area contributed by atoms with Gasteiger partial charge in [0.25, 0.3) is 0 Å². The molecule has 0 spiro atoms. The maximum absolute atomic E-state index is 7.15. The van der Waals surface area contributed by atoms with Gasteiger partial charge < -0.3 is 10.5 Å². The van der Waals surface area contributed by atoms with Crippen LogP contribution in [-0.4, -0.2) is 43.1 Å². The van der Waals surface area contributed by atoms with Crippen molar-refractivity contribution in [3.05, 3.63) is 0 Å². The van der Waals surface area contributed by atoms with Gasteiger partial charge in [-0.15, -0.1) is 0 Å². The Morgan fingerprint density at radius 3 is 3.08 bits per heavy atom. The first kappa shape index (κ1) is 9.48. The minimum Gasteiger partial charge on any atom is -0.387 e. The van der Waals surface area contributed by atoms with Gasteiger partial charge in [-0.25, -0.2) is 0 Å². The third-order valence-electron chi connectivity index (χ3n) is 2.07. The van der Waals surface area contributed by atoms with E-state index in [4.69, 9.17) is 15.9 Å². The SMILES string of the molecule is CCC1CN(CC(=N)N)CCO1. The first-order valence-corrected chi connectivity index (χ1v) is 4.39. The molecule has 0 aromatic carbocycles. The average Bonchev–Trinajstić information content (AvgIpc) is 2.03. The summed E-state index contributed by atoms with van der Waals surface area (Å²) in [6, 6.07) is 0. The van der Waals surface area contributed by atoms with Gasteiger partial charge in [0.2, 0.25) is 0 Å². The highest BCUT2D eigenvalue weighted by atomic mass is 16.5. The van der Waals surface area contributed by atoms with E-state index in [9.17, 15) is 0 Å². The zero-order valence-corrected chi connectivity index (χ0v) is 7.55. The molecule has 0 aromatic rings. The Kier molecular flexibility index (Phi) is 3.49. The molecule has 1 heterocycles. The predicted molar refractivity (Wildman–Crippen MR) is 48.4 cm³/mol. The molecule has 0 bridgehead atoms. The molecule has 4 heteroatoms. The highest BCUT2D eigenvalue weighted by Crippen LogP contribution is 2.06. The van der Waals surface area contributed by atoms with Crippen LogP contribution in [0.3, 0.4) is 0 Å². The Morgan fingerprint density at radius 2 is 2.50 bits per heavy atom. The Morgan fingerprint density at radius 1 is 1.75 bits per heavy atom. The van der Waals surface area contributed by atoms with E-state index in [1.807, 2.05) is 0 Å². The predicted octanol–water partition coefficient (Wildman–Crippen LogP) is 0.0332. The van der Waals surface area contributed by atoms with E-state index < -0.39 is 0 Å². The van der Waals surface area contributed by atoms with Crippen LogP contribution in [0.2, 0.25) is 0 Å². The molecular weight excluding hydrogens is 154 g/mol. The number of hydrogen-bond donors (Lipinski definition) is 2. The molecule has 1 rings (SSSR count). The van der Waals surface area contributed by atoms with Gasteiger partial charge in [0, 0.05) is 13.1 Å². The van der Waals surface area contributed by atoms with Crippen LogP contribution in [0.5, 0.6) is 0 Å². The molecule has 1 atom stereocenters. The van der Waals surface area contributed by atoms with Crippen molar-refractivity contribution in [3.8, 4) is 0 Å². The smallest absolute Gasteiger partial charge is 0.105 e. The molecule has 3 N–H and O–H groups in total. The van der Waals surface area contributed by atoms with Gasteiger partial charge in [-0.2, -0.15) is 0 Å². The molecule has 0 amide bonds. The zero-order valence-electron chi connectivity index (χ0n) is 7.55. The van der Waals surface area contributed by atoms with E-state index in [1.165, 1.54) is 0 Å². The number of nitrogens with one attached hydrogen (secondary N) is 1. The van der Waals surface area contributed by atoms with Gasteiger partial charge in [-0.1, -0.05) is 6.92 Å². The topological polar surface area (TPSA) is 62.3 Å². The number of ether oxygens (including phenoxy) is 1. The van der Waals surface area contributed by atoms with E-state index >= 15 is 0 Å². The molecule has 1 unspecified atom stereocenters. The zero-order chi connectivity index (χ0) is 8.97. The number of nitrogens with zero attached hydrogens (tertiary/aromatic N) is 1. The van der Waals surface area contributed by atoms with Crippen molar-refractivity contribution in [2.24, 2.45) is 5.73 Å². The lowest BCUT2D eigenvalue weighted by atomic mass is 10.2. The van der Waals surface area contributed by atoms with Crippen LogP contribution in [0, 0.1) is 5.41 Å². The summed E-state index contributed by atoms with van der Waals surface area (Å²) in [5, 5.41) is 7.15. The first-order valence-electron chi connectivity index (χ1n) is 4.39. The summed E-state index contributed by atoms with van der Waals surface area (Å²) < 4.78 is 5.49. The van der Waals surface area contributed by atoms with Gasteiger partial charge in [0.15, 0.2) is 0 Å². The van der Waals surface area contributed by atoms with Gasteiger partial charge in [-0.05, 0) is 6.42 Å². The van der Waals surface area contributed by atoms with Crippen molar-refractivity contribution in [2.75, 3.05) is 26.2 Å². The van der Waals surface area contributed by atoms with Crippen LogP contribution < -0.4 is 5.73 Å². The largest absolute Gasteiger partial charge is 0.387 e. The van der Waals surface area contributed by atoms with E-state index in [0.717, 1.165) is 26.1 Å². The summed E-state index contributed by atoms with van der Waals surface area (Å²) in [5.74, 6) is 0.242. The van der Waals surface area contributed by atoms with Crippen LogP contribution in [0.1, 0.15) is 13.3 Å². The van der Waals surface area contributed by atoms with Crippen LogP contribution in [0.25, 0.3) is 0 Å². The Balaban J connectivity index is 2.30. The van der Waals surface area contributed by atoms with Gasteiger partial charge in [0.1, 0.15) is 5.84 Å². The second-order valence-electron chi connectivity index (χ2n) is 3.16. The van der Waals surface area contributed by atoms with Crippen molar-refractivity contribution in [3.63, 3.8) is 0 Å². The summed E-state index contributed by atoms with van der Waals surface area (Å²) in [6.07, 6.45) is 1.37. The van der Waals surface area contributed by atoms with Gasteiger partial charge in [-0.3, -0.25) is 10.3 Å². The molecule has 1 aliphatic rings. The second-order valence-corrected chi connectivity index (χ2v) is 3.16. The number of nitrogens with two attached hydrogens (primary N) is 1. The second kappa shape index (κ2) is 4.42. The van der Waals surface area contributed by atoms with E-state index in [2.05, 4.69) is 11.8 Å². The van der Waals surface area contributed by atoms with Crippen molar-refractivity contribution >= 4 is 5.84 Å². The molecule has 4 nitrogen and oxygen atoms in total. The van der Waals surface area contributed by atoms with Crippen molar-refractivity contribution < 1.29 is 4.74 Å². The quantitative estimate of drug-likeness (QED) is 0.465. The molecule has 0 saturated carbocycles. The third-order valence-corrected chi connectivity index (χ3v) is 2.07. The number of morpholine rings is 1. The molecule has 1 aliphatic heterocycles. The molecule has 1 fully saturated rings. The maximum atomic E-state index is 7.15. The summed E-state index contributed by atoms with van der Waals surface area (Å²) in [4.78, 5) is 2.17. The van der Waals surface area contributed by atoms with Crippen molar-refractivity contribution in [1.82, 2.24) is 4.90 Å². The highest BCUT2D eigenvalue weighted by molar-refractivity contribution is 5.78. The van der Waals surface area contributed by atoms with Gasteiger partial charge in [0.05, 0.1) is 19.3 Å². The first-order chi connectivity index (χ1) is 5.72. The maximum Gasteiger partial charge on any atom is 0.105 e. The number of hydrogen-bond acceptors (Lipinski definition) is 3. The fourth-order valence-corrected chi connectivity index (χ4v) is 1.41. The lowest BCUT2D eigenvalue weighted by molar-refractivity contribution is -0.0244. The Labute approximate surface area is 73.2 Å². The highest BCUT2D eigenvalue weighted by Gasteiger charge is 2.18. The lowest BCUT2D eigenvalue weighted by Crippen LogP contribution is -2.45. The third kappa shape index (κ3) is 2.79. The minimum atomic E-state index is 0.242. The van der Waals surface area contributed by atoms with Crippen LogP contribution in [-0.2, 0) is 4.74 Å². The molecule has 70 valence electrons. The molecule has 12 heavy (non-hydrogen) atoms. The van der Waals surface area contributed by atoms with Crippen LogP contribution in [0.4, 0.5) is 0 Å². The molecule has 1 saturated heterocycles. The number of rotatable bonds is 3. The van der Waals surface area contributed by atoms with Gasteiger partial charge >= 0.3 is 0 Å². The van der Waals surface area contributed by atoms with Crippen LogP contribution in [0.15, 0.2) is 0 Å². The fraction of sp³-hybridized carbons (Fsp3) is 0.875. The Hall–Kier alpha value is -0.610. The van der Waals surface area contributed by atoms with Crippen molar-refractivity contribution in [2.45, 2.75) is 19.4 Å². The summed E-state index contributed by atoms with van der Waals surface area (Å²) >= 11 is 0. The monoisotopic (exact) mass is 171 g/mol. The molecule has 0 aromatic heterocycles. The Bertz CT molecular complexity index is 160. The molecule has 0 radical (unpaired) electrons. The minimum absolute atomic E-state index is 0.242. The van der Waals surface area contributed by atoms with Crippen molar-refractivity contribution in [1.29, 1.82) is 5.41 Å². The number of amidine groups is 1. The average molecular weight is 171 g/mol. The summed E-state index contributed by atoms with van der Waals surface area (Å²) in [5.41, 5.74) is 5.31. The molecular formula is C8H17N3O. The molecule has 0 aliphatic carbocycles. The van der Waals surface area contributed by atoms with E-state index in [1.54, 1.807) is 0 Å². The fourth-order valence-electron chi connectivity index (χ4n) is 1.41. The summed E-state index contributed by atoms with van der Waals surface area (Å²) in [7, 11) is 0. The van der Waals surface area contributed by atoms with Crippen LogP contribution >= 0.6 is 0 Å². The van der Waals surface area contributed by atoms with E-state index in [0.29, 0.717) is 12.6 Å². The standard InChI is InChI=1S/C8H17N3O/c1-2-7-5-11(3-4-12-7)6-8(9)10/h7H,2-6H2,1H3,(H3,9,10). The lowest BCUT2D eigenvalue weighted by Gasteiger charge is -2.31. The van der Waals surface area contributed by atoms with E-state index in [-0.39, 0.29) is 5.84 Å². The normalized spacial score (nSPS) is 25.6.